The standard InChI is InChI=1S/C22H24FN3O/c1-16-8-7-11-21-24-15-20(26(16)21)18(17-9-3-4-10-19(17)23)14-22(27)25-12-5-2-6-13-25/h3-4,7-11,15,18H,2,5-6,12-14H2,1H3/t18-/m0/s1. The van der Waals surface area contributed by atoms with Crippen molar-refractivity contribution in [2.24, 2.45) is 0 Å². The third-order valence-electron chi connectivity index (χ3n) is 5.48. The van der Waals surface area contributed by atoms with Crippen molar-refractivity contribution in [3.05, 3.63) is 71.4 Å². The number of halogens is 1. The molecule has 1 aliphatic rings. The number of aromatic nitrogens is 2. The van der Waals surface area contributed by atoms with Crippen LogP contribution in [0.1, 0.15) is 48.6 Å². The lowest BCUT2D eigenvalue weighted by Crippen LogP contribution is -2.36. The van der Waals surface area contributed by atoms with Crippen molar-refractivity contribution >= 4 is 11.6 Å². The van der Waals surface area contributed by atoms with E-state index in [1.54, 1.807) is 18.3 Å². The number of nitrogens with zero attached hydrogens (tertiary/aromatic N) is 3. The number of pyridine rings is 1. The molecule has 4 rings (SSSR count). The molecule has 1 atom stereocenters. The van der Waals surface area contributed by atoms with Gasteiger partial charge in [0.25, 0.3) is 0 Å². The Balaban J connectivity index is 1.76. The second kappa shape index (κ2) is 7.51. The van der Waals surface area contributed by atoms with Crippen molar-refractivity contribution in [2.45, 2.75) is 38.5 Å². The van der Waals surface area contributed by atoms with Crippen LogP contribution < -0.4 is 0 Å². The predicted octanol–water partition coefficient (Wildman–Crippen LogP) is 4.32. The van der Waals surface area contributed by atoms with Gasteiger partial charge in [-0.2, -0.15) is 0 Å². The first-order valence-electron chi connectivity index (χ1n) is 9.60. The van der Waals surface area contributed by atoms with Gasteiger partial charge in [-0.3, -0.25) is 4.79 Å². The minimum Gasteiger partial charge on any atom is -0.343 e. The van der Waals surface area contributed by atoms with Crippen LogP contribution in [0.25, 0.3) is 5.65 Å². The molecule has 0 aliphatic carbocycles. The Morgan fingerprint density at radius 3 is 2.67 bits per heavy atom. The molecule has 1 aliphatic heterocycles. The number of imidazole rings is 1. The lowest BCUT2D eigenvalue weighted by atomic mass is 9.91. The number of rotatable bonds is 4. The Morgan fingerprint density at radius 2 is 1.89 bits per heavy atom. The van der Waals surface area contributed by atoms with Gasteiger partial charge in [-0.15, -0.1) is 0 Å². The van der Waals surface area contributed by atoms with Crippen LogP contribution in [0.15, 0.2) is 48.7 Å². The number of carbonyl (C=O) groups is 1. The number of amides is 1. The first-order valence-corrected chi connectivity index (χ1v) is 9.60. The molecule has 0 bridgehead atoms. The highest BCUT2D eigenvalue weighted by atomic mass is 19.1. The van der Waals surface area contributed by atoms with Gasteiger partial charge < -0.3 is 9.30 Å². The Kier molecular flexibility index (Phi) is 4.92. The third kappa shape index (κ3) is 3.46. The summed E-state index contributed by atoms with van der Waals surface area (Å²) >= 11 is 0. The smallest absolute Gasteiger partial charge is 0.223 e. The molecular formula is C22H24FN3O. The summed E-state index contributed by atoms with van der Waals surface area (Å²) in [6, 6.07) is 12.6. The molecule has 0 spiro atoms. The summed E-state index contributed by atoms with van der Waals surface area (Å²) in [7, 11) is 0. The number of likely N-dealkylation sites (tertiary alicyclic amines) is 1. The fourth-order valence-electron chi connectivity index (χ4n) is 4.05. The fourth-order valence-corrected chi connectivity index (χ4v) is 4.05. The number of piperidine rings is 1. The van der Waals surface area contributed by atoms with Crippen LogP contribution in [0.3, 0.4) is 0 Å². The monoisotopic (exact) mass is 365 g/mol. The molecular weight excluding hydrogens is 341 g/mol. The van der Waals surface area contributed by atoms with E-state index >= 15 is 0 Å². The number of fused-ring (bicyclic) bond motifs is 1. The molecule has 5 heteroatoms. The van der Waals surface area contributed by atoms with Gasteiger partial charge in [0, 0.05) is 37.3 Å². The van der Waals surface area contributed by atoms with E-state index < -0.39 is 0 Å². The molecule has 1 amide bonds. The largest absolute Gasteiger partial charge is 0.343 e. The van der Waals surface area contributed by atoms with Crippen LogP contribution in [0.4, 0.5) is 4.39 Å². The molecule has 0 N–H and O–H groups in total. The van der Waals surface area contributed by atoms with Crippen molar-refractivity contribution < 1.29 is 9.18 Å². The van der Waals surface area contributed by atoms with E-state index in [9.17, 15) is 9.18 Å². The van der Waals surface area contributed by atoms with Crippen molar-refractivity contribution in [3.8, 4) is 0 Å². The zero-order chi connectivity index (χ0) is 18.8. The maximum absolute atomic E-state index is 14.7. The molecule has 0 unspecified atom stereocenters. The Bertz CT molecular complexity index is 959. The zero-order valence-corrected chi connectivity index (χ0v) is 15.6. The summed E-state index contributed by atoms with van der Waals surface area (Å²) in [5, 5.41) is 0. The van der Waals surface area contributed by atoms with Crippen LogP contribution in [0.2, 0.25) is 0 Å². The zero-order valence-electron chi connectivity index (χ0n) is 15.6. The molecule has 1 fully saturated rings. The number of carbonyl (C=O) groups excluding carboxylic acids is 1. The number of benzene rings is 1. The van der Waals surface area contributed by atoms with Gasteiger partial charge in [0.1, 0.15) is 11.5 Å². The van der Waals surface area contributed by atoms with E-state index in [0.29, 0.717) is 5.56 Å². The highest BCUT2D eigenvalue weighted by Crippen LogP contribution is 2.32. The Morgan fingerprint density at radius 1 is 1.11 bits per heavy atom. The summed E-state index contributed by atoms with van der Waals surface area (Å²) in [4.78, 5) is 19.4. The molecule has 3 heterocycles. The minimum absolute atomic E-state index is 0.0893. The fraction of sp³-hybridized carbons (Fsp3) is 0.364. The molecule has 0 radical (unpaired) electrons. The molecule has 140 valence electrons. The maximum Gasteiger partial charge on any atom is 0.223 e. The number of hydrogen-bond acceptors (Lipinski definition) is 2. The highest BCUT2D eigenvalue weighted by molar-refractivity contribution is 5.78. The van der Waals surface area contributed by atoms with E-state index in [-0.39, 0.29) is 24.1 Å². The Labute approximate surface area is 158 Å². The molecule has 1 aromatic carbocycles. The highest BCUT2D eigenvalue weighted by Gasteiger charge is 2.27. The average Bonchev–Trinajstić information content (AvgIpc) is 3.13. The van der Waals surface area contributed by atoms with Gasteiger partial charge in [0.15, 0.2) is 0 Å². The van der Waals surface area contributed by atoms with Crippen LogP contribution in [-0.2, 0) is 4.79 Å². The summed E-state index contributed by atoms with van der Waals surface area (Å²) in [5.74, 6) is -0.555. The summed E-state index contributed by atoms with van der Waals surface area (Å²) in [6.45, 7) is 3.60. The van der Waals surface area contributed by atoms with Gasteiger partial charge in [-0.1, -0.05) is 24.3 Å². The predicted molar refractivity (Wildman–Crippen MR) is 103 cm³/mol. The van der Waals surface area contributed by atoms with Gasteiger partial charge in [0.2, 0.25) is 5.91 Å². The second-order valence-corrected chi connectivity index (χ2v) is 7.26. The van der Waals surface area contributed by atoms with Gasteiger partial charge in [-0.25, -0.2) is 9.37 Å². The van der Waals surface area contributed by atoms with Crippen LogP contribution in [-0.4, -0.2) is 33.3 Å². The van der Waals surface area contributed by atoms with Crippen LogP contribution in [0, 0.1) is 12.7 Å². The lowest BCUT2D eigenvalue weighted by molar-refractivity contribution is -0.132. The number of aryl methyl sites for hydroxylation is 1. The molecule has 2 aromatic heterocycles. The van der Waals surface area contributed by atoms with Crippen LogP contribution in [0.5, 0.6) is 0 Å². The maximum atomic E-state index is 14.7. The van der Waals surface area contributed by atoms with Gasteiger partial charge in [0.05, 0.1) is 5.69 Å². The summed E-state index contributed by atoms with van der Waals surface area (Å²) in [5.41, 5.74) is 3.25. The molecule has 27 heavy (non-hydrogen) atoms. The average molecular weight is 365 g/mol. The van der Waals surface area contributed by atoms with E-state index in [0.717, 1.165) is 43.0 Å². The van der Waals surface area contributed by atoms with Crippen molar-refractivity contribution in [1.29, 1.82) is 0 Å². The van der Waals surface area contributed by atoms with Crippen molar-refractivity contribution in [1.82, 2.24) is 14.3 Å². The molecule has 1 saturated heterocycles. The second-order valence-electron chi connectivity index (χ2n) is 7.26. The molecule has 4 nitrogen and oxygen atoms in total. The minimum atomic E-state index is -0.364. The summed E-state index contributed by atoms with van der Waals surface area (Å²) in [6.07, 6.45) is 5.30. The first kappa shape index (κ1) is 17.7. The Hall–Kier alpha value is -2.69. The third-order valence-corrected chi connectivity index (χ3v) is 5.48. The summed E-state index contributed by atoms with van der Waals surface area (Å²) < 4.78 is 16.7. The van der Waals surface area contributed by atoms with Crippen molar-refractivity contribution in [2.75, 3.05) is 13.1 Å². The normalized spacial score (nSPS) is 15.9. The van der Waals surface area contributed by atoms with Gasteiger partial charge >= 0.3 is 0 Å². The molecule has 0 saturated carbocycles. The van der Waals surface area contributed by atoms with E-state index in [1.807, 2.05) is 40.5 Å². The van der Waals surface area contributed by atoms with Crippen LogP contribution >= 0.6 is 0 Å². The SMILES string of the molecule is Cc1cccc2ncc([C@@H](CC(=O)N3CCCCC3)c3ccccc3F)n12. The lowest BCUT2D eigenvalue weighted by Gasteiger charge is -2.28. The molecule has 3 aromatic rings. The quantitative estimate of drug-likeness (QED) is 0.691. The van der Waals surface area contributed by atoms with Crippen molar-refractivity contribution in [3.63, 3.8) is 0 Å². The van der Waals surface area contributed by atoms with E-state index in [2.05, 4.69) is 4.98 Å². The van der Waals surface area contributed by atoms with E-state index in [1.165, 1.54) is 12.5 Å². The van der Waals surface area contributed by atoms with E-state index in [4.69, 9.17) is 0 Å². The topological polar surface area (TPSA) is 37.6 Å². The first-order chi connectivity index (χ1) is 13.1. The van der Waals surface area contributed by atoms with Gasteiger partial charge in [-0.05, 0) is 49.9 Å². The number of hydrogen-bond donors (Lipinski definition) is 0.